The number of aliphatic carboxylic acids is 1. The van der Waals surface area contributed by atoms with E-state index in [2.05, 4.69) is 10.4 Å². The fourth-order valence-corrected chi connectivity index (χ4v) is 3.76. The molecule has 1 atom stereocenters. The van der Waals surface area contributed by atoms with Crippen LogP contribution in [0.1, 0.15) is 5.50 Å². The Morgan fingerprint density at radius 1 is 1.11 bits per heavy atom. The fourth-order valence-electron chi connectivity index (χ4n) is 2.87. The number of halogens is 2. The lowest BCUT2D eigenvalue weighted by Gasteiger charge is -2.13. The van der Waals surface area contributed by atoms with E-state index in [1.165, 1.54) is 16.2 Å². The van der Waals surface area contributed by atoms with Gasteiger partial charge in [0, 0.05) is 11.0 Å². The number of aromatic hydroxyl groups is 1. The third-order valence-corrected chi connectivity index (χ3v) is 5.13. The highest BCUT2D eigenvalue weighted by Gasteiger charge is 2.29. The maximum atomic E-state index is 13.8. The Bertz CT molecular complexity index is 1100. The van der Waals surface area contributed by atoms with Crippen molar-refractivity contribution in [3.05, 3.63) is 71.3 Å². The van der Waals surface area contributed by atoms with Crippen LogP contribution < -0.4 is 5.32 Å². The average molecular weight is 401 g/mol. The molecule has 9 heteroatoms. The van der Waals surface area contributed by atoms with Gasteiger partial charge in [0.1, 0.15) is 11.4 Å². The second kappa shape index (κ2) is 7.01. The molecular weight excluding hydrogens is 388 g/mol. The zero-order chi connectivity index (χ0) is 19.8. The Balaban J connectivity index is 1.85. The second-order valence-electron chi connectivity index (χ2n) is 5.96. The summed E-state index contributed by atoms with van der Waals surface area (Å²) in [5, 5.41) is 28.5. The van der Waals surface area contributed by atoms with E-state index in [0.29, 0.717) is 11.1 Å². The first kappa shape index (κ1) is 18.1. The molecular formula is C19H13F2N3O3S. The van der Waals surface area contributed by atoms with Crippen LogP contribution in [-0.2, 0) is 4.79 Å². The number of carboxylic acids is 1. The number of nitrogens with zero attached hydrogens (tertiary/aromatic N) is 2. The third-order valence-electron chi connectivity index (χ3n) is 4.19. The maximum absolute atomic E-state index is 13.8. The number of aromatic nitrogens is 2. The number of carboxylic acid groups (broad SMARTS) is 1. The minimum absolute atomic E-state index is 0.0273. The van der Waals surface area contributed by atoms with Gasteiger partial charge in [-0.1, -0.05) is 42.1 Å². The molecule has 1 aliphatic heterocycles. The highest BCUT2D eigenvalue weighted by molar-refractivity contribution is 8.02. The van der Waals surface area contributed by atoms with Crippen LogP contribution in [-0.4, -0.2) is 26.0 Å². The SMILES string of the molecule is O=C(O)C1=CSC(n2nc(-c3ccc(F)c(F)c3)c(-c3ccccc3)c2O)N1. The molecule has 0 bridgehead atoms. The molecule has 0 amide bonds. The largest absolute Gasteiger partial charge is 0.493 e. The van der Waals surface area contributed by atoms with Gasteiger partial charge in [0.05, 0.1) is 5.56 Å². The van der Waals surface area contributed by atoms with Gasteiger partial charge in [-0.3, -0.25) is 0 Å². The van der Waals surface area contributed by atoms with E-state index in [9.17, 15) is 18.7 Å². The summed E-state index contributed by atoms with van der Waals surface area (Å²) in [6.07, 6.45) is 0. The lowest BCUT2D eigenvalue weighted by Crippen LogP contribution is -2.23. The van der Waals surface area contributed by atoms with E-state index < -0.39 is 23.1 Å². The molecule has 1 unspecified atom stereocenters. The molecule has 0 aliphatic carbocycles. The molecule has 0 saturated heterocycles. The van der Waals surface area contributed by atoms with E-state index in [-0.39, 0.29) is 22.8 Å². The highest BCUT2D eigenvalue weighted by Crippen LogP contribution is 2.42. The lowest BCUT2D eigenvalue weighted by atomic mass is 10.0. The number of benzene rings is 2. The first-order chi connectivity index (χ1) is 13.5. The van der Waals surface area contributed by atoms with Gasteiger partial charge in [0.25, 0.3) is 0 Å². The number of nitrogens with one attached hydrogen (secondary N) is 1. The Morgan fingerprint density at radius 3 is 2.50 bits per heavy atom. The molecule has 6 nitrogen and oxygen atoms in total. The van der Waals surface area contributed by atoms with E-state index in [0.717, 1.165) is 23.9 Å². The summed E-state index contributed by atoms with van der Waals surface area (Å²) in [6.45, 7) is 0. The van der Waals surface area contributed by atoms with Crippen LogP contribution in [0.3, 0.4) is 0 Å². The molecule has 2 aromatic carbocycles. The zero-order valence-corrected chi connectivity index (χ0v) is 15.0. The van der Waals surface area contributed by atoms with E-state index >= 15 is 0 Å². The Labute approximate surface area is 162 Å². The average Bonchev–Trinajstić information content (AvgIpc) is 3.29. The van der Waals surface area contributed by atoms with Crippen molar-refractivity contribution >= 4 is 17.7 Å². The summed E-state index contributed by atoms with van der Waals surface area (Å²) in [5.41, 5.74) is 0.751. The summed E-state index contributed by atoms with van der Waals surface area (Å²) in [4.78, 5) is 11.1. The van der Waals surface area contributed by atoms with Crippen LogP contribution in [0.2, 0.25) is 0 Å². The summed E-state index contributed by atoms with van der Waals surface area (Å²) < 4.78 is 28.4. The number of carbonyl (C=O) groups is 1. The predicted octanol–water partition coefficient (Wildman–Crippen LogP) is 3.92. The summed E-state index contributed by atoms with van der Waals surface area (Å²) in [5.74, 6) is -3.38. The molecule has 4 rings (SSSR count). The van der Waals surface area contributed by atoms with Crippen LogP contribution in [0.4, 0.5) is 8.78 Å². The highest BCUT2D eigenvalue weighted by atomic mass is 32.2. The van der Waals surface area contributed by atoms with Crippen molar-refractivity contribution in [1.82, 2.24) is 15.1 Å². The third kappa shape index (κ3) is 3.09. The van der Waals surface area contributed by atoms with E-state index in [1.807, 2.05) is 0 Å². The topological polar surface area (TPSA) is 87.4 Å². The van der Waals surface area contributed by atoms with Gasteiger partial charge in [-0.25, -0.2) is 13.6 Å². The molecule has 1 aromatic heterocycles. The first-order valence-electron chi connectivity index (χ1n) is 8.13. The van der Waals surface area contributed by atoms with Gasteiger partial charge in [-0.05, 0) is 23.8 Å². The first-order valence-corrected chi connectivity index (χ1v) is 9.07. The molecule has 1 aliphatic rings. The Hall–Kier alpha value is -3.33. The van der Waals surface area contributed by atoms with Crippen LogP contribution in [0.25, 0.3) is 22.4 Å². The lowest BCUT2D eigenvalue weighted by molar-refractivity contribution is -0.133. The van der Waals surface area contributed by atoms with Gasteiger partial charge < -0.3 is 15.5 Å². The molecule has 0 spiro atoms. The number of thioether (sulfide) groups is 1. The molecule has 2 heterocycles. The maximum Gasteiger partial charge on any atom is 0.352 e. The smallest absolute Gasteiger partial charge is 0.352 e. The minimum atomic E-state index is -1.13. The van der Waals surface area contributed by atoms with Crippen molar-refractivity contribution in [1.29, 1.82) is 0 Å². The fraction of sp³-hybridized carbons (Fsp3) is 0.0526. The second-order valence-corrected chi connectivity index (χ2v) is 6.91. The Kier molecular flexibility index (Phi) is 4.52. The molecule has 3 N–H and O–H groups in total. The molecule has 142 valence electrons. The van der Waals surface area contributed by atoms with Crippen molar-refractivity contribution in [2.45, 2.75) is 5.50 Å². The molecule has 28 heavy (non-hydrogen) atoms. The van der Waals surface area contributed by atoms with Gasteiger partial charge >= 0.3 is 5.97 Å². The van der Waals surface area contributed by atoms with Gasteiger partial charge in [0.2, 0.25) is 5.88 Å². The molecule has 3 aromatic rings. The number of hydrogen-bond donors (Lipinski definition) is 3. The molecule has 0 fully saturated rings. The molecule has 0 saturated carbocycles. The van der Waals surface area contributed by atoms with Crippen LogP contribution in [0, 0.1) is 11.6 Å². The van der Waals surface area contributed by atoms with E-state index in [4.69, 9.17) is 5.11 Å². The number of hydrogen-bond acceptors (Lipinski definition) is 5. The van der Waals surface area contributed by atoms with Crippen LogP contribution in [0.5, 0.6) is 5.88 Å². The minimum Gasteiger partial charge on any atom is -0.493 e. The molecule has 0 radical (unpaired) electrons. The van der Waals surface area contributed by atoms with E-state index in [1.54, 1.807) is 30.3 Å². The zero-order valence-electron chi connectivity index (χ0n) is 14.1. The van der Waals surface area contributed by atoms with Crippen LogP contribution in [0.15, 0.2) is 59.6 Å². The van der Waals surface area contributed by atoms with Crippen LogP contribution >= 0.6 is 11.8 Å². The summed E-state index contributed by atoms with van der Waals surface area (Å²) in [7, 11) is 0. The van der Waals surface area contributed by atoms with Crippen molar-refractivity contribution in [2.75, 3.05) is 0 Å². The summed E-state index contributed by atoms with van der Waals surface area (Å²) in [6, 6.07) is 12.2. The number of rotatable bonds is 4. The van der Waals surface area contributed by atoms with Gasteiger partial charge in [-0.15, -0.1) is 0 Å². The quantitative estimate of drug-likeness (QED) is 0.614. The monoisotopic (exact) mass is 401 g/mol. The normalized spacial score (nSPS) is 15.9. The Morgan fingerprint density at radius 2 is 1.86 bits per heavy atom. The van der Waals surface area contributed by atoms with Crippen molar-refractivity contribution < 1.29 is 23.8 Å². The summed E-state index contributed by atoms with van der Waals surface area (Å²) >= 11 is 1.12. The standard InChI is InChI=1S/C19H13F2N3O3S/c20-12-7-6-11(8-13(12)21)16-15(10-4-2-1-3-5-10)17(25)24(23-16)19-22-14(9-28-19)18(26)27/h1-9,19,22,25H,(H,26,27). The van der Waals surface area contributed by atoms with Crippen molar-refractivity contribution in [3.63, 3.8) is 0 Å². The predicted molar refractivity (Wildman–Crippen MR) is 100 cm³/mol. The van der Waals surface area contributed by atoms with Gasteiger partial charge in [0.15, 0.2) is 17.1 Å². The van der Waals surface area contributed by atoms with Crippen molar-refractivity contribution in [2.24, 2.45) is 0 Å². The van der Waals surface area contributed by atoms with Gasteiger partial charge in [-0.2, -0.15) is 9.78 Å². The van der Waals surface area contributed by atoms with Crippen molar-refractivity contribution in [3.8, 4) is 28.3 Å².